The molecule has 0 unspecified atom stereocenters. The number of carbonyl (C=O) groups excluding carboxylic acids is 2. The first kappa shape index (κ1) is 26.9. The first-order valence-corrected chi connectivity index (χ1v) is 13.5. The number of methoxy groups -OCH3 is 1. The van der Waals surface area contributed by atoms with E-state index in [1.807, 2.05) is 77.7 Å². The lowest BCUT2D eigenvalue weighted by atomic mass is 10.0. The fourth-order valence-corrected chi connectivity index (χ4v) is 4.68. The van der Waals surface area contributed by atoms with Gasteiger partial charge < -0.3 is 19.1 Å². The fourth-order valence-electron chi connectivity index (χ4n) is 4.68. The van der Waals surface area contributed by atoms with E-state index in [1.54, 1.807) is 14.0 Å². The molecule has 0 atom stereocenters. The van der Waals surface area contributed by atoms with Gasteiger partial charge >= 0.3 is 5.97 Å². The minimum atomic E-state index is -0.606. The van der Waals surface area contributed by atoms with E-state index < -0.39 is 5.97 Å². The number of aromatic nitrogens is 3. The maximum atomic E-state index is 13.0. The van der Waals surface area contributed by atoms with Gasteiger partial charge in [0.25, 0.3) is 11.8 Å². The number of esters is 1. The van der Waals surface area contributed by atoms with Crippen molar-refractivity contribution in [2.45, 2.75) is 32.7 Å². The van der Waals surface area contributed by atoms with E-state index in [4.69, 9.17) is 14.2 Å². The van der Waals surface area contributed by atoms with E-state index in [0.29, 0.717) is 17.9 Å². The molecule has 0 spiro atoms. The zero-order valence-electron chi connectivity index (χ0n) is 22.7. The average Bonchev–Trinajstić information content (AvgIpc) is 3.40. The van der Waals surface area contributed by atoms with Crippen LogP contribution in [0.25, 0.3) is 11.1 Å². The van der Waals surface area contributed by atoms with Crippen LogP contribution in [0, 0.1) is 0 Å². The van der Waals surface area contributed by atoms with E-state index in [9.17, 15) is 9.59 Å². The molecule has 1 aliphatic heterocycles. The van der Waals surface area contributed by atoms with Crippen molar-refractivity contribution in [1.29, 1.82) is 0 Å². The number of amides is 1. The van der Waals surface area contributed by atoms with E-state index >= 15 is 0 Å². The molecule has 9 nitrogen and oxygen atoms in total. The van der Waals surface area contributed by atoms with Gasteiger partial charge in [-0.2, -0.15) is 0 Å². The fraction of sp³-hybridized carbons (Fsp3) is 0.290. The van der Waals surface area contributed by atoms with E-state index in [2.05, 4.69) is 10.3 Å². The number of nitrogens with zero attached hydrogens (tertiary/aromatic N) is 4. The Bertz CT molecular complexity index is 1460. The Hall–Kier alpha value is -4.66. The Morgan fingerprint density at radius 1 is 0.875 bits per heavy atom. The second-order valence-corrected chi connectivity index (χ2v) is 9.53. The van der Waals surface area contributed by atoms with E-state index in [-0.39, 0.29) is 24.1 Å². The molecule has 0 saturated carbocycles. The lowest BCUT2D eigenvalue weighted by Gasteiger charge is -2.26. The molecule has 1 amide bonds. The Balaban J connectivity index is 1.36. The number of carbonyl (C=O) groups is 2. The highest BCUT2D eigenvalue weighted by Gasteiger charge is 2.24. The third-order valence-electron chi connectivity index (χ3n) is 6.80. The summed E-state index contributed by atoms with van der Waals surface area (Å²) >= 11 is 0. The van der Waals surface area contributed by atoms with Crippen molar-refractivity contribution in [3.8, 4) is 28.5 Å². The molecular formula is C31H32N4O5. The van der Waals surface area contributed by atoms with Crippen LogP contribution in [0.4, 0.5) is 0 Å². The first-order chi connectivity index (χ1) is 19.6. The van der Waals surface area contributed by atoms with Crippen LogP contribution in [0.5, 0.6) is 17.4 Å². The van der Waals surface area contributed by atoms with Gasteiger partial charge in [0, 0.05) is 18.7 Å². The quantitative estimate of drug-likeness (QED) is 0.255. The molecular weight excluding hydrogens is 508 g/mol. The Morgan fingerprint density at radius 3 is 2.30 bits per heavy atom. The van der Waals surface area contributed by atoms with Crippen LogP contribution >= 0.6 is 0 Å². The number of likely N-dealkylation sites (tertiary alicyclic amines) is 1. The summed E-state index contributed by atoms with van der Waals surface area (Å²) in [7, 11) is 1.61. The van der Waals surface area contributed by atoms with Gasteiger partial charge in [-0.05, 0) is 79.3 Å². The zero-order valence-corrected chi connectivity index (χ0v) is 22.7. The summed E-state index contributed by atoms with van der Waals surface area (Å²) < 4.78 is 18.1. The number of hydrogen-bond donors (Lipinski definition) is 0. The number of piperidine rings is 1. The summed E-state index contributed by atoms with van der Waals surface area (Å²) in [6.07, 6.45) is 3.29. The molecule has 1 fully saturated rings. The molecule has 0 radical (unpaired) electrons. The second kappa shape index (κ2) is 12.5. The topological polar surface area (TPSA) is 95.8 Å². The minimum Gasteiger partial charge on any atom is -0.497 e. The van der Waals surface area contributed by atoms with Gasteiger partial charge in [0.05, 0.1) is 20.3 Å². The highest BCUT2D eigenvalue weighted by Crippen LogP contribution is 2.29. The van der Waals surface area contributed by atoms with Gasteiger partial charge in [-0.25, -0.2) is 9.48 Å². The van der Waals surface area contributed by atoms with Crippen LogP contribution in [-0.2, 0) is 11.3 Å². The maximum Gasteiger partial charge on any atom is 0.364 e. The van der Waals surface area contributed by atoms with Crippen molar-refractivity contribution in [3.05, 3.63) is 89.6 Å². The number of benzene rings is 3. The molecule has 0 bridgehead atoms. The summed E-state index contributed by atoms with van der Waals surface area (Å²) in [6.45, 7) is 3.90. The maximum absolute atomic E-state index is 13.0. The van der Waals surface area contributed by atoms with Gasteiger partial charge in [0.15, 0.2) is 0 Å². The predicted octanol–water partition coefficient (Wildman–Crippen LogP) is 5.60. The standard InChI is InChI=1S/C31H32N4O5/c1-3-39-31(37)28-30(35(33-32-28)21-22-10-14-26(38-2)15-11-22)40-27-16-12-23(13-17-27)24-8-7-9-25(20-24)29(36)34-18-5-4-6-19-34/h7-17,20H,3-6,18-19,21H2,1-2H3. The largest absolute Gasteiger partial charge is 0.497 e. The first-order valence-electron chi connectivity index (χ1n) is 13.5. The summed E-state index contributed by atoms with van der Waals surface area (Å²) in [5.74, 6) is 0.910. The predicted molar refractivity (Wildman–Crippen MR) is 150 cm³/mol. The lowest BCUT2D eigenvalue weighted by Crippen LogP contribution is -2.35. The molecule has 1 aromatic heterocycles. The molecule has 206 valence electrons. The third kappa shape index (κ3) is 6.14. The highest BCUT2D eigenvalue weighted by atomic mass is 16.5. The van der Waals surface area contributed by atoms with Crippen LogP contribution in [0.1, 0.15) is 52.6 Å². The van der Waals surface area contributed by atoms with Crippen molar-refractivity contribution in [2.24, 2.45) is 0 Å². The summed E-state index contributed by atoms with van der Waals surface area (Å²) in [5.41, 5.74) is 3.50. The van der Waals surface area contributed by atoms with Crippen LogP contribution in [-0.4, -0.2) is 58.6 Å². The number of hydrogen-bond acceptors (Lipinski definition) is 7. The van der Waals surface area contributed by atoms with Gasteiger partial charge in [-0.15, -0.1) is 5.10 Å². The summed E-state index contributed by atoms with van der Waals surface area (Å²) in [5, 5.41) is 8.20. The Labute approximate surface area is 233 Å². The molecule has 2 heterocycles. The molecule has 1 saturated heterocycles. The molecule has 40 heavy (non-hydrogen) atoms. The van der Waals surface area contributed by atoms with E-state index in [0.717, 1.165) is 48.4 Å². The molecule has 3 aromatic carbocycles. The lowest BCUT2D eigenvalue weighted by molar-refractivity contribution is 0.0516. The molecule has 1 aliphatic rings. The Kier molecular flexibility index (Phi) is 8.39. The highest BCUT2D eigenvalue weighted by molar-refractivity contribution is 5.95. The van der Waals surface area contributed by atoms with Crippen LogP contribution < -0.4 is 9.47 Å². The second-order valence-electron chi connectivity index (χ2n) is 9.53. The van der Waals surface area contributed by atoms with Crippen molar-refractivity contribution in [3.63, 3.8) is 0 Å². The SMILES string of the molecule is CCOC(=O)c1nnn(Cc2ccc(OC)cc2)c1Oc1ccc(-c2cccc(C(=O)N3CCCCC3)c2)cc1. The molecule has 9 heteroatoms. The Morgan fingerprint density at radius 2 is 1.60 bits per heavy atom. The summed E-state index contributed by atoms with van der Waals surface area (Å²) in [6, 6.07) is 22.7. The van der Waals surface area contributed by atoms with E-state index in [1.165, 1.54) is 11.1 Å². The zero-order chi connectivity index (χ0) is 27.9. The van der Waals surface area contributed by atoms with Crippen molar-refractivity contribution in [1.82, 2.24) is 19.9 Å². The van der Waals surface area contributed by atoms with Gasteiger partial charge in [-0.3, -0.25) is 4.79 Å². The van der Waals surface area contributed by atoms with Crippen LogP contribution in [0.2, 0.25) is 0 Å². The monoisotopic (exact) mass is 540 g/mol. The molecule has 5 rings (SSSR count). The van der Waals surface area contributed by atoms with Gasteiger partial charge in [0.1, 0.15) is 11.5 Å². The summed E-state index contributed by atoms with van der Waals surface area (Å²) in [4.78, 5) is 27.5. The minimum absolute atomic E-state index is 0.00312. The smallest absolute Gasteiger partial charge is 0.364 e. The van der Waals surface area contributed by atoms with Crippen molar-refractivity contribution >= 4 is 11.9 Å². The van der Waals surface area contributed by atoms with Crippen molar-refractivity contribution < 1.29 is 23.8 Å². The van der Waals surface area contributed by atoms with Crippen molar-refractivity contribution in [2.75, 3.05) is 26.8 Å². The van der Waals surface area contributed by atoms with Gasteiger partial charge in [-0.1, -0.05) is 41.6 Å². The average molecular weight is 541 g/mol. The van der Waals surface area contributed by atoms with Gasteiger partial charge in [0.2, 0.25) is 5.69 Å². The molecule has 0 aliphatic carbocycles. The molecule has 0 N–H and O–H groups in total. The number of rotatable bonds is 9. The third-order valence-corrected chi connectivity index (χ3v) is 6.80. The van der Waals surface area contributed by atoms with Crippen LogP contribution in [0.3, 0.4) is 0 Å². The van der Waals surface area contributed by atoms with Crippen LogP contribution in [0.15, 0.2) is 72.8 Å². The molecule has 4 aromatic rings. The normalized spacial score (nSPS) is 13.1. The number of ether oxygens (including phenoxy) is 3.